The second-order valence-electron chi connectivity index (χ2n) is 8.02. The van der Waals surface area contributed by atoms with E-state index < -0.39 is 10.0 Å². The molecule has 7 heteroatoms. The summed E-state index contributed by atoms with van der Waals surface area (Å²) >= 11 is 0. The smallest absolute Gasteiger partial charge is 0.251 e. The average molecular weight is 467 g/mol. The Morgan fingerprint density at radius 1 is 0.939 bits per heavy atom. The molecule has 0 aliphatic rings. The minimum atomic E-state index is -3.48. The van der Waals surface area contributed by atoms with Crippen molar-refractivity contribution in [2.24, 2.45) is 0 Å². The molecule has 0 aliphatic carbocycles. The third kappa shape index (κ3) is 6.58. The highest BCUT2D eigenvalue weighted by molar-refractivity contribution is 7.92. The third-order valence-electron chi connectivity index (χ3n) is 5.26. The number of aryl methyl sites for hydroxylation is 2. The van der Waals surface area contributed by atoms with E-state index in [9.17, 15) is 13.2 Å². The van der Waals surface area contributed by atoms with Crippen LogP contribution in [0.5, 0.6) is 5.75 Å². The fraction of sp³-hybridized carbons (Fsp3) is 0.269. The number of hydrogen-bond donors (Lipinski definition) is 1. The number of carbonyl (C=O) groups is 1. The molecule has 0 heterocycles. The number of amides is 1. The van der Waals surface area contributed by atoms with Gasteiger partial charge in [0.15, 0.2) is 0 Å². The number of anilines is 1. The highest BCUT2D eigenvalue weighted by atomic mass is 32.2. The summed E-state index contributed by atoms with van der Waals surface area (Å²) in [6, 6.07) is 20.3. The van der Waals surface area contributed by atoms with Crippen LogP contribution in [-0.2, 0) is 23.1 Å². The highest BCUT2D eigenvalue weighted by Gasteiger charge is 2.20. The molecule has 1 N–H and O–H groups in total. The topological polar surface area (TPSA) is 75.7 Å². The van der Waals surface area contributed by atoms with Crippen LogP contribution in [0.3, 0.4) is 0 Å². The van der Waals surface area contributed by atoms with Gasteiger partial charge in [-0.15, -0.1) is 0 Å². The molecule has 174 valence electrons. The Kier molecular flexibility index (Phi) is 7.76. The molecule has 33 heavy (non-hydrogen) atoms. The van der Waals surface area contributed by atoms with Crippen LogP contribution in [0, 0.1) is 13.8 Å². The zero-order valence-corrected chi connectivity index (χ0v) is 20.3. The van der Waals surface area contributed by atoms with Crippen molar-refractivity contribution in [3.8, 4) is 5.75 Å². The fourth-order valence-corrected chi connectivity index (χ4v) is 4.39. The first kappa shape index (κ1) is 24.3. The minimum absolute atomic E-state index is 0.190. The average Bonchev–Trinajstić information content (AvgIpc) is 2.78. The summed E-state index contributed by atoms with van der Waals surface area (Å²) in [5.41, 5.74) is 4.82. The Hall–Kier alpha value is -3.32. The maximum absolute atomic E-state index is 12.5. The van der Waals surface area contributed by atoms with Crippen molar-refractivity contribution in [3.05, 3.63) is 94.5 Å². The van der Waals surface area contributed by atoms with Crippen molar-refractivity contribution >= 4 is 21.6 Å². The summed E-state index contributed by atoms with van der Waals surface area (Å²) < 4.78 is 31.8. The molecule has 3 rings (SSSR count). The predicted molar refractivity (Wildman–Crippen MR) is 132 cm³/mol. The zero-order valence-electron chi connectivity index (χ0n) is 19.5. The molecule has 0 aromatic heterocycles. The standard InChI is InChI=1S/C26H30N2O4S/c1-5-32-24-14-10-21(11-15-24)17-27-26(29)23-12-8-22(9-13-23)18-28(33(4,30)31)25-16-19(2)6-7-20(25)3/h6-16H,5,17-18H2,1-4H3,(H,27,29). The first-order valence-corrected chi connectivity index (χ1v) is 12.7. The molecule has 0 saturated heterocycles. The molecule has 0 bridgehead atoms. The molecule has 0 aliphatic heterocycles. The van der Waals surface area contributed by atoms with Crippen LogP contribution in [0.25, 0.3) is 0 Å². The van der Waals surface area contributed by atoms with Gasteiger partial charge in [0.05, 0.1) is 25.1 Å². The second-order valence-corrected chi connectivity index (χ2v) is 9.92. The lowest BCUT2D eigenvalue weighted by Crippen LogP contribution is -2.30. The molecule has 0 radical (unpaired) electrons. The van der Waals surface area contributed by atoms with Crippen LogP contribution in [0.1, 0.15) is 39.5 Å². The van der Waals surface area contributed by atoms with Crippen LogP contribution in [0.4, 0.5) is 5.69 Å². The molecule has 0 saturated carbocycles. The van der Waals surface area contributed by atoms with Crippen LogP contribution >= 0.6 is 0 Å². The van der Waals surface area contributed by atoms with E-state index >= 15 is 0 Å². The Labute approximate surface area is 196 Å². The Bertz CT molecular complexity index is 1200. The fourth-order valence-electron chi connectivity index (χ4n) is 3.45. The highest BCUT2D eigenvalue weighted by Crippen LogP contribution is 2.26. The van der Waals surface area contributed by atoms with Gasteiger partial charge >= 0.3 is 0 Å². The predicted octanol–water partition coefficient (Wildman–Crippen LogP) is 4.60. The molecule has 3 aromatic rings. The summed E-state index contributed by atoms with van der Waals surface area (Å²) in [6.07, 6.45) is 1.21. The van der Waals surface area contributed by atoms with Gasteiger partial charge in [-0.3, -0.25) is 9.10 Å². The van der Waals surface area contributed by atoms with Crippen molar-refractivity contribution in [1.29, 1.82) is 0 Å². The monoisotopic (exact) mass is 466 g/mol. The van der Waals surface area contributed by atoms with Crippen molar-refractivity contribution in [2.45, 2.75) is 33.9 Å². The Balaban J connectivity index is 1.68. The SMILES string of the molecule is CCOc1ccc(CNC(=O)c2ccc(CN(c3cc(C)ccc3C)S(C)(=O)=O)cc2)cc1. The normalized spacial score (nSPS) is 11.2. The molecular formula is C26H30N2O4S. The van der Waals surface area contributed by atoms with Gasteiger partial charge < -0.3 is 10.1 Å². The number of ether oxygens (including phenoxy) is 1. The van der Waals surface area contributed by atoms with E-state index in [0.29, 0.717) is 24.4 Å². The molecule has 1 amide bonds. The number of nitrogens with zero attached hydrogens (tertiary/aromatic N) is 1. The van der Waals surface area contributed by atoms with Gasteiger partial charge in [-0.05, 0) is 73.4 Å². The lowest BCUT2D eigenvalue weighted by atomic mass is 10.1. The number of carbonyl (C=O) groups excluding carboxylic acids is 1. The van der Waals surface area contributed by atoms with E-state index in [1.807, 2.05) is 63.2 Å². The third-order valence-corrected chi connectivity index (χ3v) is 6.39. The van der Waals surface area contributed by atoms with Crippen LogP contribution < -0.4 is 14.4 Å². The first-order chi connectivity index (χ1) is 15.7. The van der Waals surface area contributed by atoms with Gasteiger partial charge in [0.2, 0.25) is 10.0 Å². The summed E-state index contributed by atoms with van der Waals surface area (Å²) in [7, 11) is -3.48. The lowest BCUT2D eigenvalue weighted by Gasteiger charge is -2.25. The summed E-state index contributed by atoms with van der Waals surface area (Å²) in [4.78, 5) is 12.5. The summed E-state index contributed by atoms with van der Waals surface area (Å²) in [5, 5.41) is 2.90. The van der Waals surface area contributed by atoms with E-state index in [1.54, 1.807) is 24.3 Å². The maximum atomic E-state index is 12.5. The van der Waals surface area contributed by atoms with Crippen LogP contribution in [-0.4, -0.2) is 27.2 Å². The maximum Gasteiger partial charge on any atom is 0.251 e. The van der Waals surface area contributed by atoms with Gasteiger partial charge in [-0.2, -0.15) is 0 Å². The first-order valence-electron chi connectivity index (χ1n) is 10.8. The molecule has 3 aromatic carbocycles. The minimum Gasteiger partial charge on any atom is -0.494 e. The van der Waals surface area contributed by atoms with E-state index in [4.69, 9.17) is 4.74 Å². The van der Waals surface area contributed by atoms with E-state index in [-0.39, 0.29) is 12.5 Å². The van der Waals surface area contributed by atoms with Crippen molar-refractivity contribution in [2.75, 3.05) is 17.2 Å². The molecular weight excluding hydrogens is 436 g/mol. The van der Waals surface area contributed by atoms with Gasteiger partial charge in [-0.1, -0.05) is 36.4 Å². The van der Waals surface area contributed by atoms with Gasteiger partial charge in [0.25, 0.3) is 5.91 Å². The largest absolute Gasteiger partial charge is 0.494 e. The number of hydrogen-bond acceptors (Lipinski definition) is 4. The summed E-state index contributed by atoms with van der Waals surface area (Å²) in [6.45, 7) is 6.97. The molecule has 0 atom stereocenters. The molecule has 0 spiro atoms. The zero-order chi connectivity index (χ0) is 24.0. The van der Waals surface area contributed by atoms with E-state index in [2.05, 4.69) is 5.32 Å². The van der Waals surface area contributed by atoms with E-state index in [1.165, 1.54) is 10.6 Å². The lowest BCUT2D eigenvalue weighted by molar-refractivity contribution is 0.0951. The van der Waals surface area contributed by atoms with Gasteiger partial charge in [0.1, 0.15) is 5.75 Å². The number of nitrogens with one attached hydrogen (secondary N) is 1. The van der Waals surface area contributed by atoms with Crippen LogP contribution in [0.15, 0.2) is 66.7 Å². The van der Waals surface area contributed by atoms with Crippen molar-refractivity contribution < 1.29 is 17.9 Å². The Morgan fingerprint density at radius 2 is 1.58 bits per heavy atom. The van der Waals surface area contributed by atoms with E-state index in [0.717, 1.165) is 28.0 Å². The Morgan fingerprint density at radius 3 is 2.18 bits per heavy atom. The number of rotatable bonds is 9. The van der Waals surface area contributed by atoms with Gasteiger partial charge in [0, 0.05) is 12.1 Å². The van der Waals surface area contributed by atoms with Crippen LogP contribution in [0.2, 0.25) is 0 Å². The quantitative estimate of drug-likeness (QED) is 0.500. The molecule has 6 nitrogen and oxygen atoms in total. The summed E-state index contributed by atoms with van der Waals surface area (Å²) in [5.74, 6) is 0.608. The van der Waals surface area contributed by atoms with Gasteiger partial charge in [-0.25, -0.2) is 8.42 Å². The second kappa shape index (κ2) is 10.5. The van der Waals surface area contributed by atoms with Crippen molar-refractivity contribution in [1.82, 2.24) is 5.32 Å². The number of benzene rings is 3. The number of sulfonamides is 1. The van der Waals surface area contributed by atoms with Crippen molar-refractivity contribution in [3.63, 3.8) is 0 Å². The molecule has 0 unspecified atom stereocenters. The molecule has 0 fully saturated rings.